The van der Waals surface area contributed by atoms with Gasteiger partial charge in [-0.25, -0.2) is 4.98 Å². The van der Waals surface area contributed by atoms with E-state index < -0.39 is 0 Å². The maximum Gasteiger partial charge on any atom is 0.127 e. The maximum atomic E-state index is 6.34. The molecule has 3 rings (SSSR count). The third kappa shape index (κ3) is 2.28. The van der Waals surface area contributed by atoms with Gasteiger partial charge >= 0.3 is 0 Å². The summed E-state index contributed by atoms with van der Waals surface area (Å²) in [5, 5.41) is -0.0729. The fourth-order valence-corrected chi connectivity index (χ4v) is 3.24. The summed E-state index contributed by atoms with van der Waals surface area (Å²) >= 11 is 6.34. The molecular weight excluding hydrogens is 272 g/mol. The molecule has 0 spiro atoms. The van der Waals surface area contributed by atoms with Gasteiger partial charge in [-0.15, -0.1) is 11.6 Å². The molecule has 1 fully saturated rings. The molecule has 0 amide bonds. The lowest BCUT2D eigenvalue weighted by Crippen LogP contribution is -2.03. The van der Waals surface area contributed by atoms with Crippen LogP contribution in [0.25, 0.3) is 11.0 Å². The second-order valence-corrected chi connectivity index (χ2v) is 6.32. The Bertz CT molecular complexity index is 620. The molecule has 4 heteroatoms. The molecule has 1 heterocycles. The van der Waals surface area contributed by atoms with Gasteiger partial charge in [0.25, 0.3) is 0 Å². The lowest BCUT2D eigenvalue weighted by atomic mass is 10.2. The molecule has 0 radical (unpaired) electrons. The molecule has 0 aliphatic heterocycles. The largest absolute Gasteiger partial charge is 0.497 e. The van der Waals surface area contributed by atoms with Crippen LogP contribution in [0.1, 0.15) is 50.4 Å². The van der Waals surface area contributed by atoms with Crippen molar-refractivity contribution in [3.63, 3.8) is 0 Å². The lowest BCUT2D eigenvalue weighted by molar-refractivity contribution is 0.415. The summed E-state index contributed by atoms with van der Waals surface area (Å²) in [7, 11) is 1.68. The molecule has 3 unspecified atom stereocenters. The molecule has 1 aromatic heterocycles. The van der Waals surface area contributed by atoms with Crippen LogP contribution in [0.4, 0.5) is 0 Å². The molecule has 20 heavy (non-hydrogen) atoms. The lowest BCUT2D eigenvalue weighted by Gasteiger charge is -2.10. The molecule has 0 saturated heterocycles. The maximum absolute atomic E-state index is 6.34. The fraction of sp³-hybridized carbons (Fsp3) is 0.562. The van der Waals surface area contributed by atoms with Crippen molar-refractivity contribution >= 4 is 22.6 Å². The zero-order valence-corrected chi connectivity index (χ0v) is 13.0. The Hall–Kier alpha value is -1.22. The van der Waals surface area contributed by atoms with Crippen LogP contribution in [0.5, 0.6) is 5.75 Å². The number of nitrogens with zero attached hydrogens (tertiary/aromatic N) is 2. The van der Waals surface area contributed by atoms with Crippen LogP contribution in [-0.2, 0) is 0 Å². The predicted octanol–water partition coefficient (Wildman–Crippen LogP) is 4.71. The number of rotatable bonds is 5. The molecule has 1 aliphatic rings. The van der Waals surface area contributed by atoms with Crippen molar-refractivity contribution in [1.82, 2.24) is 9.55 Å². The number of halogens is 1. The molecule has 2 aromatic rings. The average Bonchev–Trinajstić information content (AvgIpc) is 3.08. The zero-order chi connectivity index (χ0) is 14.3. The highest BCUT2D eigenvalue weighted by atomic mass is 35.5. The van der Waals surface area contributed by atoms with E-state index in [9.17, 15) is 0 Å². The van der Waals surface area contributed by atoms with Crippen LogP contribution in [0, 0.1) is 5.92 Å². The Kier molecular flexibility index (Phi) is 3.63. The van der Waals surface area contributed by atoms with Gasteiger partial charge < -0.3 is 9.30 Å². The van der Waals surface area contributed by atoms with Crippen LogP contribution in [0.15, 0.2) is 18.2 Å². The van der Waals surface area contributed by atoms with Gasteiger partial charge in [-0.2, -0.15) is 0 Å². The minimum Gasteiger partial charge on any atom is -0.497 e. The van der Waals surface area contributed by atoms with Crippen LogP contribution >= 0.6 is 11.6 Å². The van der Waals surface area contributed by atoms with E-state index in [2.05, 4.69) is 17.6 Å². The SMILES string of the molecule is CCCC1CC1n1c(C(C)Cl)nc2cc(OC)ccc21. The van der Waals surface area contributed by atoms with E-state index in [1.54, 1.807) is 7.11 Å². The number of methoxy groups -OCH3 is 1. The van der Waals surface area contributed by atoms with Gasteiger partial charge in [0.2, 0.25) is 0 Å². The Morgan fingerprint density at radius 1 is 1.50 bits per heavy atom. The van der Waals surface area contributed by atoms with Crippen LogP contribution in [-0.4, -0.2) is 16.7 Å². The topological polar surface area (TPSA) is 27.1 Å². The van der Waals surface area contributed by atoms with Crippen molar-refractivity contribution in [2.45, 2.75) is 44.5 Å². The van der Waals surface area contributed by atoms with E-state index in [0.717, 1.165) is 23.0 Å². The molecule has 3 atom stereocenters. The number of fused-ring (bicyclic) bond motifs is 1. The molecule has 0 N–H and O–H groups in total. The standard InChI is InChI=1S/C16H21ClN2O/c1-4-5-11-8-15(11)19-14-7-6-12(20-3)9-13(14)18-16(19)10(2)17/h6-7,9-11,15H,4-5,8H2,1-3H3. The van der Waals surface area contributed by atoms with E-state index in [1.807, 2.05) is 19.1 Å². The van der Waals surface area contributed by atoms with E-state index in [4.69, 9.17) is 21.3 Å². The zero-order valence-electron chi connectivity index (χ0n) is 12.3. The highest BCUT2D eigenvalue weighted by Crippen LogP contribution is 2.49. The molecule has 108 valence electrons. The van der Waals surface area contributed by atoms with E-state index >= 15 is 0 Å². The smallest absolute Gasteiger partial charge is 0.127 e. The molecular formula is C16H21ClN2O. The second kappa shape index (κ2) is 5.28. The van der Waals surface area contributed by atoms with Crippen molar-refractivity contribution in [2.24, 2.45) is 5.92 Å². The van der Waals surface area contributed by atoms with Crippen molar-refractivity contribution in [2.75, 3.05) is 7.11 Å². The summed E-state index contributed by atoms with van der Waals surface area (Å²) in [6.07, 6.45) is 3.78. The first kappa shape index (κ1) is 13.7. The van der Waals surface area contributed by atoms with Crippen molar-refractivity contribution in [3.05, 3.63) is 24.0 Å². The minimum absolute atomic E-state index is 0.0729. The molecule has 1 aliphatic carbocycles. The Balaban J connectivity index is 2.06. The van der Waals surface area contributed by atoms with E-state index in [1.165, 1.54) is 24.8 Å². The van der Waals surface area contributed by atoms with Crippen molar-refractivity contribution in [3.8, 4) is 5.75 Å². The van der Waals surface area contributed by atoms with Gasteiger partial charge in [-0.1, -0.05) is 13.3 Å². The van der Waals surface area contributed by atoms with E-state index in [-0.39, 0.29) is 5.38 Å². The highest BCUT2D eigenvalue weighted by molar-refractivity contribution is 6.20. The van der Waals surface area contributed by atoms with Crippen molar-refractivity contribution < 1.29 is 4.74 Å². The average molecular weight is 293 g/mol. The number of benzene rings is 1. The summed E-state index contributed by atoms with van der Waals surface area (Å²) in [6.45, 7) is 4.24. The number of alkyl halides is 1. The quantitative estimate of drug-likeness (QED) is 0.747. The molecule has 0 bridgehead atoms. The summed E-state index contributed by atoms with van der Waals surface area (Å²) in [6, 6.07) is 6.67. The highest BCUT2D eigenvalue weighted by Gasteiger charge is 2.40. The first-order chi connectivity index (χ1) is 9.65. The predicted molar refractivity (Wildman–Crippen MR) is 82.6 cm³/mol. The summed E-state index contributed by atoms with van der Waals surface area (Å²) in [5.74, 6) is 2.61. The van der Waals surface area contributed by atoms with Gasteiger partial charge in [0, 0.05) is 12.1 Å². The number of aromatic nitrogens is 2. The van der Waals surface area contributed by atoms with Gasteiger partial charge in [0.1, 0.15) is 11.6 Å². The number of hydrogen-bond donors (Lipinski definition) is 0. The Labute approximate surface area is 124 Å². The Morgan fingerprint density at radius 3 is 2.95 bits per heavy atom. The van der Waals surface area contributed by atoms with Gasteiger partial charge in [0.15, 0.2) is 0 Å². The summed E-state index contributed by atoms with van der Waals surface area (Å²) in [4.78, 5) is 4.73. The van der Waals surface area contributed by atoms with Gasteiger partial charge in [0.05, 0.1) is 23.5 Å². The number of ether oxygens (including phenoxy) is 1. The van der Waals surface area contributed by atoms with Gasteiger partial charge in [-0.3, -0.25) is 0 Å². The molecule has 1 saturated carbocycles. The Morgan fingerprint density at radius 2 is 2.30 bits per heavy atom. The summed E-state index contributed by atoms with van der Waals surface area (Å²) < 4.78 is 7.64. The number of imidazole rings is 1. The third-order valence-electron chi connectivity index (χ3n) is 4.16. The molecule has 1 aromatic carbocycles. The first-order valence-corrected chi connectivity index (χ1v) is 7.79. The first-order valence-electron chi connectivity index (χ1n) is 7.35. The van der Waals surface area contributed by atoms with Gasteiger partial charge in [-0.05, 0) is 37.8 Å². The minimum atomic E-state index is -0.0729. The van der Waals surface area contributed by atoms with Crippen LogP contribution in [0.3, 0.4) is 0 Å². The van der Waals surface area contributed by atoms with Crippen molar-refractivity contribution in [1.29, 1.82) is 0 Å². The fourth-order valence-electron chi connectivity index (χ4n) is 3.08. The third-order valence-corrected chi connectivity index (χ3v) is 4.35. The van der Waals surface area contributed by atoms with E-state index in [0.29, 0.717) is 6.04 Å². The normalized spacial score (nSPS) is 23.0. The van der Waals surface area contributed by atoms with Crippen LogP contribution < -0.4 is 4.74 Å². The summed E-state index contributed by atoms with van der Waals surface area (Å²) in [5.41, 5.74) is 2.16. The second-order valence-electron chi connectivity index (χ2n) is 5.66. The molecule has 3 nitrogen and oxygen atoms in total. The number of hydrogen-bond acceptors (Lipinski definition) is 2. The van der Waals surface area contributed by atoms with Crippen LogP contribution in [0.2, 0.25) is 0 Å². The monoisotopic (exact) mass is 292 g/mol.